The van der Waals surface area contributed by atoms with Crippen LogP contribution >= 0.6 is 0 Å². The van der Waals surface area contributed by atoms with E-state index in [2.05, 4.69) is 74.3 Å². The minimum absolute atomic E-state index is 0.129. The van der Waals surface area contributed by atoms with Crippen LogP contribution in [0.4, 0.5) is 5.82 Å². The fourth-order valence-corrected chi connectivity index (χ4v) is 3.33. The molecule has 5 rings (SSSR count). The Morgan fingerprint density at radius 2 is 1.92 bits per heavy atom. The zero-order chi connectivity index (χ0) is 16.8. The lowest BCUT2D eigenvalue weighted by Crippen LogP contribution is -2.09. The van der Waals surface area contributed by atoms with Crippen molar-refractivity contribution >= 4 is 22.2 Å². The van der Waals surface area contributed by atoms with Crippen molar-refractivity contribution < 1.29 is 0 Å². The Morgan fingerprint density at radius 1 is 1.08 bits per heavy atom. The van der Waals surface area contributed by atoms with Crippen molar-refractivity contribution in [2.45, 2.75) is 31.7 Å². The summed E-state index contributed by atoms with van der Waals surface area (Å²) in [5.74, 6) is 2.39. The fourth-order valence-electron chi connectivity index (χ4n) is 3.33. The Kier molecular flexibility index (Phi) is 3.20. The lowest BCUT2D eigenvalue weighted by atomic mass is 10.0. The third kappa shape index (κ3) is 2.52. The molecule has 0 amide bonds. The van der Waals surface area contributed by atoms with Crippen molar-refractivity contribution in [1.82, 2.24) is 19.6 Å². The summed E-state index contributed by atoms with van der Waals surface area (Å²) in [6, 6.07) is 15.1. The molecule has 1 aliphatic carbocycles. The Morgan fingerprint density at radius 3 is 2.76 bits per heavy atom. The van der Waals surface area contributed by atoms with Crippen molar-refractivity contribution in [1.29, 1.82) is 0 Å². The van der Waals surface area contributed by atoms with Crippen LogP contribution in [0, 0.1) is 0 Å². The van der Waals surface area contributed by atoms with Gasteiger partial charge in [-0.3, -0.25) is 4.40 Å². The van der Waals surface area contributed by atoms with Gasteiger partial charge in [0.05, 0.1) is 6.04 Å². The van der Waals surface area contributed by atoms with Crippen molar-refractivity contribution in [2.24, 2.45) is 0 Å². The van der Waals surface area contributed by atoms with Crippen LogP contribution in [0.5, 0.6) is 0 Å². The SMILES string of the molecule is CC(Nc1nccn2c(C3CC3)nnc12)c1ccc2ccccc2c1. The molecule has 2 heterocycles. The van der Waals surface area contributed by atoms with Gasteiger partial charge in [0, 0.05) is 18.3 Å². The molecular weight excluding hydrogens is 310 g/mol. The smallest absolute Gasteiger partial charge is 0.203 e. The van der Waals surface area contributed by atoms with Crippen LogP contribution in [-0.2, 0) is 0 Å². The normalized spacial score (nSPS) is 15.6. The number of aromatic nitrogens is 4. The van der Waals surface area contributed by atoms with Gasteiger partial charge < -0.3 is 5.32 Å². The molecule has 0 radical (unpaired) electrons. The second-order valence-electron chi connectivity index (χ2n) is 6.77. The number of hydrogen-bond acceptors (Lipinski definition) is 4. The summed E-state index contributed by atoms with van der Waals surface area (Å²) >= 11 is 0. The summed E-state index contributed by atoms with van der Waals surface area (Å²) in [5.41, 5.74) is 2.03. The van der Waals surface area contributed by atoms with Gasteiger partial charge in [0.1, 0.15) is 5.82 Å². The first-order chi connectivity index (χ1) is 12.3. The van der Waals surface area contributed by atoms with Crippen molar-refractivity contribution in [3.8, 4) is 0 Å². The molecule has 0 saturated heterocycles. The number of benzene rings is 2. The average molecular weight is 329 g/mol. The maximum Gasteiger partial charge on any atom is 0.203 e. The number of rotatable bonds is 4. The van der Waals surface area contributed by atoms with Crippen LogP contribution < -0.4 is 5.32 Å². The van der Waals surface area contributed by atoms with E-state index in [9.17, 15) is 0 Å². The fraction of sp³-hybridized carbons (Fsp3) is 0.250. The van der Waals surface area contributed by atoms with E-state index in [0.29, 0.717) is 5.92 Å². The molecular formula is C20H19N5. The zero-order valence-electron chi connectivity index (χ0n) is 14.1. The third-order valence-electron chi connectivity index (χ3n) is 4.92. The van der Waals surface area contributed by atoms with Crippen LogP contribution in [0.2, 0.25) is 0 Å². The van der Waals surface area contributed by atoms with Crippen molar-refractivity contribution in [3.63, 3.8) is 0 Å². The molecule has 2 aromatic heterocycles. The predicted molar refractivity (Wildman–Crippen MR) is 98.7 cm³/mol. The standard InChI is InChI=1S/C20H19N5/c1-13(16-9-6-14-4-2-3-5-17(14)12-16)22-18-20-24-23-19(15-7-8-15)25(20)11-10-21-18/h2-6,9-13,15H,7-8H2,1H3,(H,21,22). The summed E-state index contributed by atoms with van der Waals surface area (Å²) in [6.07, 6.45) is 6.19. The molecule has 5 heteroatoms. The molecule has 1 saturated carbocycles. The molecule has 0 aliphatic heterocycles. The van der Waals surface area contributed by atoms with Crippen LogP contribution in [0.25, 0.3) is 16.4 Å². The van der Waals surface area contributed by atoms with Gasteiger partial charge >= 0.3 is 0 Å². The van der Waals surface area contributed by atoms with E-state index in [0.717, 1.165) is 17.3 Å². The lowest BCUT2D eigenvalue weighted by Gasteiger charge is -2.16. The quantitative estimate of drug-likeness (QED) is 0.605. The van der Waals surface area contributed by atoms with E-state index in [-0.39, 0.29) is 6.04 Å². The topological polar surface area (TPSA) is 55.1 Å². The van der Waals surface area contributed by atoms with Crippen LogP contribution in [0.3, 0.4) is 0 Å². The largest absolute Gasteiger partial charge is 0.360 e. The van der Waals surface area contributed by atoms with Gasteiger partial charge in [-0.2, -0.15) is 0 Å². The van der Waals surface area contributed by atoms with Gasteiger partial charge in [-0.15, -0.1) is 10.2 Å². The monoisotopic (exact) mass is 329 g/mol. The van der Waals surface area contributed by atoms with Crippen LogP contribution in [0.15, 0.2) is 54.9 Å². The molecule has 1 aliphatic rings. The van der Waals surface area contributed by atoms with Crippen LogP contribution in [-0.4, -0.2) is 19.6 Å². The van der Waals surface area contributed by atoms with E-state index in [1.807, 2.05) is 12.4 Å². The van der Waals surface area contributed by atoms with E-state index < -0.39 is 0 Å². The molecule has 124 valence electrons. The molecule has 2 aromatic carbocycles. The van der Waals surface area contributed by atoms with Crippen molar-refractivity contribution in [2.75, 3.05) is 5.32 Å². The first-order valence-electron chi connectivity index (χ1n) is 8.74. The third-order valence-corrected chi connectivity index (χ3v) is 4.92. The lowest BCUT2D eigenvalue weighted by molar-refractivity contribution is 0.869. The highest BCUT2D eigenvalue weighted by atomic mass is 15.3. The first kappa shape index (κ1) is 14.4. The molecule has 1 N–H and O–H groups in total. The highest BCUT2D eigenvalue weighted by Crippen LogP contribution is 2.39. The second-order valence-corrected chi connectivity index (χ2v) is 6.77. The molecule has 25 heavy (non-hydrogen) atoms. The molecule has 1 unspecified atom stereocenters. The summed E-state index contributed by atoms with van der Waals surface area (Å²) in [5, 5.41) is 14.7. The van der Waals surface area contributed by atoms with Gasteiger partial charge in [0.15, 0.2) is 5.82 Å². The van der Waals surface area contributed by atoms with Gasteiger partial charge in [-0.25, -0.2) is 4.98 Å². The van der Waals surface area contributed by atoms with E-state index in [1.165, 1.54) is 29.2 Å². The molecule has 4 aromatic rings. The first-order valence-corrected chi connectivity index (χ1v) is 8.74. The van der Waals surface area contributed by atoms with Crippen molar-refractivity contribution in [3.05, 3.63) is 66.2 Å². The number of hydrogen-bond donors (Lipinski definition) is 1. The minimum atomic E-state index is 0.129. The number of nitrogens with one attached hydrogen (secondary N) is 1. The van der Waals surface area contributed by atoms with Gasteiger partial charge in [0.25, 0.3) is 0 Å². The van der Waals surface area contributed by atoms with E-state index in [1.54, 1.807) is 0 Å². The molecule has 0 spiro atoms. The molecule has 0 bridgehead atoms. The highest BCUT2D eigenvalue weighted by Gasteiger charge is 2.29. The maximum atomic E-state index is 4.49. The Balaban J connectivity index is 1.48. The summed E-state index contributed by atoms with van der Waals surface area (Å²) in [4.78, 5) is 4.49. The molecule has 1 atom stereocenters. The Bertz CT molecular complexity index is 1060. The summed E-state index contributed by atoms with van der Waals surface area (Å²) in [7, 11) is 0. The Labute approximate surface area is 145 Å². The number of fused-ring (bicyclic) bond motifs is 2. The van der Waals surface area contributed by atoms with E-state index >= 15 is 0 Å². The van der Waals surface area contributed by atoms with Gasteiger partial charge in [-0.05, 0) is 42.2 Å². The highest BCUT2D eigenvalue weighted by molar-refractivity contribution is 5.83. The molecule has 5 nitrogen and oxygen atoms in total. The van der Waals surface area contributed by atoms with E-state index in [4.69, 9.17) is 0 Å². The second kappa shape index (κ2) is 5.55. The van der Waals surface area contributed by atoms with Gasteiger partial charge in [-0.1, -0.05) is 36.4 Å². The minimum Gasteiger partial charge on any atom is -0.360 e. The predicted octanol–water partition coefficient (Wildman–Crippen LogP) is 4.33. The zero-order valence-corrected chi connectivity index (χ0v) is 14.1. The summed E-state index contributed by atoms with van der Waals surface area (Å²) in [6.45, 7) is 2.15. The van der Waals surface area contributed by atoms with Gasteiger partial charge in [0.2, 0.25) is 5.65 Å². The van der Waals surface area contributed by atoms with Crippen LogP contribution in [0.1, 0.15) is 43.1 Å². The number of nitrogens with zero attached hydrogens (tertiary/aromatic N) is 4. The number of anilines is 1. The molecule has 1 fully saturated rings. The Hall–Kier alpha value is -2.95. The summed E-state index contributed by atoms with van der Waals surface area (Å²) < 4.78 is 2.07. The average Bonchev–Trinajstić information content (AvgIpc) is 3.40. The maximum absolute atomic E-state index is 4.49.